The molecule has 0 unspecified atom stereocenters. The molecule has 0 radical (unpaired) electrons. The van der Waals surface area contributed by atoms with Gasteiger partial charge in [0.15, 0.2) is 0 Å². The Morgan fingerprint density at radius 3 is 2.83 bits per heavy atom. The summed E-state index contributed by atoms with van der Waals surface area (Å²) < 4.78 is 10.5. The van der Waals surface area contributed by atoms with E-state index in [1.807, 2.05) is 13.0 Å². The zero-order valence-corrected chi connectivity index (χ0v) is 10.5. The van der Waals surface area contributed by atoms with Crippen LogP contribution in [0.2, 0.25) is 0 Å². The second-order valence-corrected chi connectivity index (χ2v) is 5.15. The molecule has 3 rings (SSSR count). The molecule has 5 heteroatoms. The van der Waals surface area contributed by atoms with Crippen molar-refractivity contribution in [1.82, 2.24) is 10.1 Å². The summed E-state index contributed by atoms with van der Waals surface area (Å²) in [6, 6.07) is 1.84. The highest BCUT2D eigenvalue weighted by molar-refractivity contribution is 5.56. The molecule has 1 aliphatic rings. The van der Waals surface area contributed by atoms with Crippen molar-refractivity contribution in [2.75, 3.05) is 0 Å². The molecule has 0 amide bonds. The average molecular weight is 247 g/mol. The smallest absolute Gasteiger partial charge is 0.228 e. The maximum atomic E-state index is 6.30. The van der Waals surface area contributed by atoms with Gasteiger partial charge in [-0.25, -0.2) is 0 Å². The fourth-order valence-corrected chi connectivity index (χ4v) is 2.61. The van der Waals surface area contributed by atoms with Crippen LogP contribution in [0.3, 0.4) is 0 Å². The van der Waals surface area contributed by atoms with Gasteiger partial charge in [-0.15, -0.1) is 0 Å². The van der Waals surface area contributed by atoms with Gasteiger partial charge in [-0.3, -0.25) is 0 Å². The molecule has 1 saturated carbocycles. The van der Waals surface area contributed by atoms with Gasteiger partial charge >= 0.3 is 0 Å². The molecule has 1 aliphatic carbocycles. The first-order valence-electron chi connectivity index (χ1n) is 6.32. The monoisotopic (exact) mass is 247 g/mol. The molecule has 0 aliphatic heterocycles. The van der Waals surface area contributed by atoms with Gasteiger partial charge in [-0.1, -0.05) is 18.0 Å². The summed E-state index contributed by atoms with van der Waals surface area (Å²) in [5, 5.41) is 3.99. The third kappa shape index (κ3) is 2.06. The number of furan rings is 1. The van der Waals surface area contributed by atoms with E-state index in [4.69, 9.17) is 14.7 Å². The van der Waals surface area contributed by atoms with Gasteiger partial charge in [0, 0.05) is 12.0 Å². The van der Waals surface area contributed by atoms with Crippen molar-refractivity contribution < 1.29 is 8.94 Å². The molecule has 1 fully saturated rings. The Balaban J connectivity index is 1.80. The second-order valence-electron chi connectivity index (χ2n) is 5.15. The fourth-order valence-electron chi connectivity index (χ4n) is 2.61. The van der Waals surface area contributed by atoms with Crippen LogP contribution in [-0.4, -0.2) is 15.7 Å². The predicted molar refractivity (Wildman–Crippen MR) is 65.8 cm³/mol. The Hall–Kier alpha value is -1.62. The van der Waals surface area contributed by atoms with E-state index in [1.165, 1.54) is 12.8 Å². The lowest BCUT2D eigenvalue weighted by atomic mass is 9.95. The number of nitrogens with two attached hydrogens (primary N) is 1. The molecule has 0 bridgehead atoms. The minimum atomic E-state index is -0.157. The van der Waals surface area contributed by atoms with Gasteiger partial charge in [0.05, 0.1) is 11.8 Å². The first kappa shape index (κ1) is 11.5. The standard InChI is InChI=1S/C13H17N3O2/c1-9-10(4-7-17-9)12-15-11(18-16-12)8-13(14)5-2-3-6-13/h4,7H,2-3,5-6,8,14H2,1H3. The predicted octanol–water partition coefficient (Wildman–Crippen LogP) is 2.45. The quantitative estimate of drug-likeness (QED) is 0.901. The van der Waals surface area contributed by atoms with Crippen LogP contribution in [0.4, 0.5) is 0 Å². The second kappa shape index (κ2) is 4.24. The van der Waals surface area contributed by atoms with Crippen molar-refractivity contribution in [3.05, 3.63) is 24.0 Å². The summed E-state index contributed by atoms with van der Waals surface area (Å²) in [7, 11) is 0. The summed E-state index contributed by atoms with van der Waals surface area (Å²) in [6.45, 7) is 1.88. The number of rotatable bonds is 3. The van der Waals surface area contributed by atoms with Crippen molar-refractivity contribution in [2.45, 2.75) is 44.6 Å². The van der Waals surface area contributed by atoms with Crippen LogP contribution < -0.4 is 5.73 Å². The first-order chi connectivity index (χ1) is 8.66. The van der Waals surface area contributed by atoms with E-state index in [0.717, 1.165) is 24.2 Å². The van der Waals surface area contributed by atoms with Gasteiger partial charge < -0.3 is 14.7 Å². The molecule has 0 aromatic carbocycles. The third-order valence-corrected chi connectivity index (χ3v) is 3.67. The maximum absolute atomic E-state index is 6.30. The first-order valence-corrected chi connectivity index (χ1v) is 6.32. The fraction of sp³-hybridized carbons (Fsp3) is 0.538. The summed E-state index contributed by atoms with van der Waals surface area (Å²) in [5.74, 6) is 2.00. The molecule has 0 saturated heterocycles. The van der Waals surface area contributed by atoms with Crippen LogP contribution in [0.1, 0.15) is 37.3 Å². The maximum Gasteiger partial charge on any atom is 0.228 e. The summed E-state index contributed by atoms with van der Waals surface area (Å²) in [4.78, 5) is 4.40. The largest absolute Gasteiger partial charge is 0.469 e. The lowest BCUT2D eigenvalue weighted by Crippen LogP contribution is -2.38. The summed E-state index contributed by atoms with van der Waals surface area (Å²) >= 11 is 0. The minimum absolute atomic E-state index is 0.157. The van der Waals surface area contributed by atoms with Crippen molar-refractivity contribution in [1.29, 1.82) is 0 Å². The molecule has 2 aromatic heterocycles. The van der Waals surface area contributed by atoms with Crippen LogP contribution in [0, 0.1) is 6.92 Å². The van der Waals surface area contributed by atoms with Crippen molar-refractivity contribution in [3.8, 4) is 11.4 Å². The number of nitrogens with zero attached hydrogens (tertiary/aromatic N) is 2. The van der Waals surface area contributed by atoms with Gasteiger partial charge in [-0.05, 0) is 25.8 Å². The highest BCUT2D eigenvalue weighted by Gasteiger charge is 2.31. The Labute approximate surface area is 105 Å². The Bertz CT molecular complexity index is 538. The van der Waals surface area contributed by atoms with Gasteiger partial charge in [0.25, 0.3) is 0 Å². The molecule has 2 heterocycles. The zero-order chi connectivity index (χ0) is 12.6. The van der Waals surface area contributed by atoms with Crippen LogP contribution in [0.15, 0.2) is 21.3 Å². The average Bonchev–Trinajstić information content (AvgIpc) is 3.01. The van der Waals surface area contributed by atoms with Crippen LogP contribution >= 0.6 is 0 Å². The van der Waals surface area contributed by atoms with E-state index in [1.54, 1.807) is 6.26 Å². The van der Waals surface area contributed by atoms with Gasteiger partial charge in [-0.2, -0.15) is 4.98 Å². The van der Waals surface area contributed by atoms with Gasteiger partial charge in [0.1, 0.15) is 5.76 Å². The number of hydrogen-bond donors (Lipinski definition) is 1. The van der Waals surface area contributed by atoms with E-state index in [2.05, 4.69) is 10.1 Å². The summed E-state index contributed by atoms with van der Waals surface area (Å²) in [6.07, 6.45) is 6.75. The lowest BCUT2D eigenvalue weighted by molar-refractivity contribution is 0.329. The number of hydrogen-bond acceptors (Lipinski definition) is 5. The molecule has 18 heavy (non-hydrogen) atoms. The molecule has 96 valence electrons. The lowest BCUT2D eigenvalue weighted by Gasteiger charge is -2.20. The molecule has 0 spiro atoms. The Kier molecular flexibility index (Phi) is 2.70. The molecule has 5 nitrogen and oxygen atoms in total. The van der Waals surface area contributed by atoms with Crippen molar-refractivity contribution >= 4 is 0 Å². The minimum Gasteiger partial charge on any atom is -0.469 e. The Morgan fingerprint density at radius 1 is 1.39 bits per heavy atom. The third-order valence-electron chi connectivity index (χ3n) is 3.67. The van der Waals surface area contributed by atoms with E-state index < -0.39 is 0 Å². The highest BCUT2D eigenvalue weighted by Crippen LogP contribution is 2.30. The molecule has 0 atom stereocenters. The normalized spacial score (nSPS) is 18.3. The SMILES string of the molecule is Cc1occc1-c1noc(CC2(N)CCCC2)n1. The number of aromatic nitrogens is 2. The van der Waals surface area contributed by atoms with Crippen LogP contribution in [-0.2, 0) is 6.42 Å². The molecular formula is C13H17N3O2. The molecular weight excluding hydrogens is 230 g/mol. The highest BCUT2D eigenvalue weighted by atomic mass is 16.5. The molecule has 2 aromatic rings. The summed E-state index contributed by atoms with van der Waals surface area (Å²) in [5.41, 5.74) is 7.02. The van der Waals surface area contributed by atoms with E-state index >= 15 is 0 Å². The number of aryl methyl sites for hydroxylation is 1. The molecule has 2 N–H and O–H groups in total. The van der Waals surface area contributed by atoms with Crippen molar-refractivity contribution in [2.24, 2.45) is 5.73 Å². The van der Waals surface area contributed by atoms with Crippen LogP contribution in [0.5, 0.6) is 0 Å². The van der Waals surface area contributed by atoms with Crippen molar-refractivity contribution in [3.63, 3.8) is 0 Å². The van der Waals surface area contributed by atoms with E-state index in [0.29, 0.717) is 18.1 Å². The van der Waals surface area contributed by atoms with Gasteiger partial charge in [0.2, 0.25) is 11.7 Å². The van der Waals surface area contributed by atoms with E-state index in [-0.39, 0.29) is 5.54 Å². The topological polar surface area (TPSA) is 78.1 Å². The van der Waals surface area contributed by atoms with E-state index in [9.17, 15) is 0 Å². The Morgan fingerprint density at radius 2 is 2.17 bits per heavy atom. The zero-order valence-electron chi connectivity index (χ0n) is 10.5. The van der Waals surface area contributed by atoms with Crippen LogP contribution in [0.25, 0.3) is 11.4 Å².